The van der Waals surface area contributed by atoms with E-state index in [2.05, 4.69) is 4.98 Å². The zero-order valence-electron chi connectivity index (χ0n) is 7.44. The molecule has 0 fully saturated rings. The Labute approximate surface area is 76.0 Å². The van der Waals surface area contributed by atoms with Gasteiger partial charge in [0.05, 0.1) is 16.8 Å². The lowest BCUT2D eigenvalue weighted by atomic mass is 10.00. The molecule has 0 spiro atoms. The summed E-state index contributed by atoms with van der Waals surface area (Å²) in [5, 5.41) is 11.6. The minimum absolute atomic E-state index is 0.575. The highest BCUT2D eigenvalue weighted by Crippen LogP contribution is 2.27. The number of hydrogen-bond acceptors (Lipinski definition) is 4. The van der Waals surface area contributed by atoms with Gasteiger partial charge >= 0.3 is 0 Å². The Morgan fingerprint density at radius 3 is 2.75 bits per heavy atom. The lowest BCUT2D eigenvalue weighted by Gasteiger charge is -2.27. The summed E-state index contributed by atoms with van der Waals surface area (Å²) in [5.74, 6) is 0. The molecule has 1 atom stereocenters. The monoisotopic (exact) mass is 187 g/mol. The van der Waals surface area contributed by atoms with E-state index >= 15 is 0 Å². The molecule has 68 valence electrons. The number of nitrogens with zero attached hydrogens (tertiary/aromatic N) is 1. The largest absolute Gasteiger partial charge is 0.384 e. The fourth-order valence-electron chi connectivity index (χ4n) is 0.825. The molecule has 3 nitrogen and oxygen atoms in total. The fourth-order valence-corrected chi connectivity index (χ4v) is 1.40. The van der Waals surface area contributed by atoms with Crippen LogP contribution in [0.4, 0.5) is 0 Å². The van der Waals surface area contributed by atoms with Gasteiger partial charge in [-0.25, -0.2) is 4.98 Å². The van der Waals surface area contributed by atoms with Gasteiger partial charge in [0.25, 0.3) is 0 Å². The summed E-state index contributed by atoms with van der Waals surface area (Å²) in [6, 6.07) is 0. The van der Waals surface area contributed by atoms with Crippen molar-refractivity contribution in [3.05, 3.63) is 16.6 Å². The number of aromatic nitrogens is 1. The first-order valence-corrected chi connectivity index (χ1v) is 4.63. The Morgan fingerprint density at radius 1 is 1.67 bits per heavy atom. The van der Waals surface area contributed by atoms with Crippen LogP contribution in [0.5, 0.6) is 0 Å². The molecule has 12 heavy (non-hydrogen) atoms. The van der Waals surface area contributed by atoms with E-state index in [-0.39, 0.29) is 0 Å². The predicted molar refractivity (Wildman–Crippen MR) is 48.2 cm³/mol. The zero-order valence-corrected chi connectivity index (χ0v) is 8.26. The van der Waals surface area contributed by atoms with Crippen molar-refractivity contribution in [1.82, 2.24) is 4.98 Å². The Bertz CT molecular complexity index is 233. The van der Waals surface area contributed by atoms with Gasteiger partial charge in [-0.2, -0.15) is 0 Å². The van der Waals surface area contributed by atoms with Crippen LogP contribution in [0.3, 0.4) is 0 Å². The molecule has 0 aliphatic heterocycles. The molecule has 0 radical (unpaired) electrons. The molecule has 0 aromatic carbocycles. The highest BCUT2D eigenvalue weighted by molar-refractivity contribution is 7.07. The molecule has 0 saturated carbocycles. The summed E-state index contributed by atoms with van der Waals surface area (Å²) in [7, 11) is 1.58. The van der Waals surface area contributed by atoms with E-state index in [0.717, 1.165) is 0 Å². The Hall–Kier alpha value is -0.450. The van der Waals surface area contributed by atoms with Crippen molar-refractivity contribution in [2.75, 3.05) is 7.11 Å². The van der Waals surface area contributed by atoms with E-state index in [0.29, 0.717) is 5.69 Å². The summed E-state index contributed by atoms with van der Waals surface area (Å²) in [4.78, 5) is 4.02. The molecule has 1 aromatic heterocycles. The van der Waals surface area contributed by atoms with Crippen molar-refractivity contribution < 1.29 is 9.84 Å². The predicted octanol–water partition coefficient (Wildman–Crippen LogP) is 1.60. The first kappa shape index (κ1) is 9.64. The number of hydrogen-bond donors (Lipinski definition) is 1. The third kappa shape index (κ3) is 1.83. The summed E-state index contributed by atoms with van der Waals surface area (Å²) in [6.07, 6.45) is -0.659. The van der Waals surface area contributed by atoms with Gasteiger partial charge in [0.2, 0.25) is 0 Å². The minimum Gasteiger partial charge on any atom is -0.384 e. The van der Waals surface area contributed by atoms with E-state index in [9.17, 15) is 5.11 Å². The molecule has 1 rings (SSSR count). The van der Waals surface area contributed by atoms with Crippen LogP contribution in [0.25, 0.3) is 0 Å². The normalized spacial score (nSPS) is 14.7. The zero-order chi connectivity index (χ0) is 9.19. The van der Waals surface area contributed by atoms with E-state index in [4.69, 9.17) is 4.74 Å². The van der Waals surface area contributed by atoms with E-state index in [1.807, 2.05) is 19.2 Å². The van der Waals surface area contributed by atoms with Gasteiger partial charge in [-0.05, 0) is 13.8 Å². The average molecular weight is 187 g/mol. The van der Waals surface area contributed by atoms with Crippen molar-refractivity contribution >= 4 is 11.3 Å². The number of rotatable bonds is 3. The molecule has 0 amide bonds. The van der Waals surface area contributed by atoms with Gasteiger partial charge in [0, 0.05) is 12.5 Å². The maximum Gasteiger partial charge on any atom is 0.125 e. The fraction of sp³-hybridized carbons (Fsp3) is 0.625. The summed E-state index contributed by atoms with van der Waals surface area (Å²) < 4.78 is 5.14. The Balaban J connectivity index is 2.78. The molecule has 0 saturated heterocycles. The average Bonchev–Trinajstić information content (AvgIpc) is 2.55. The Morgan fingerprint density at radius 2 is 2.33 bits per heavy atom. The highest BCUT2D eigenvalue weighted by Gasteiger charge is 2.29. The third-order valence-corrected chi connectivity index (χ3v) is 2.52. The molecule has 1 N–H and O–H groups in total. The van der Waals surface area contributed by atoms with Crippen LogP contribution in [0, 0.1) is 0 Å². The van der Waals surface area contributed by atoms with Crippen LogP contribution in [0.1, 0.15) is 25.6 Å². The number of methoxy groups -OCH3 is 1. The van der Waals surface area contributed by atoms with E-state index < -0.39 is 11.7 Å². The van der Waals surface area contributed by atoms with Gasteiger partial charge in [-0.1, -0.05) is 0 Å². The molecular formula is C8H13NO2S. The third-order valence-electron chi connectivity index (χ3n) is 1.92. The second-order valence-corrected chi connectivity index (χ2v) is 3.84. The minimum atomic E-state index is -0.659. The van der Waals surface area contributed by atoms with Crippen molar-refractivity contribution in [3.8, 4) is 0 Å². The SMILES string of the molecule is COC(C)(C)C(O)c1cscn1. The van der Waals surface area contributed by atoms with Gasteiger partial charge in [0.1, 0.15) is 6.10 Å². The van der Waals surface area contributed by atoms with Crippen LogP contribution in [0.2, 0.25) is 0 Å². The van der Waals surface area contributed by atoms with Crippen molar-refractivity contribution in [1.29, 1.82) is 0 Å². The van der Waals surface area contributed by atoms with Crippen LogP contribution >= 0.6 is 11.3 Å². The quantitative estimate of drug-likeness (QED) is 0.781. The molecule has 0 bridgehead atoms. The standard InChI is InChI=1S/C8H13NO2S/c1-8(2,11-3)7(10)6-4-12-5-9-6/h4-5,7,10H,1-3H3. The molecule has 1 aromatic rings. The van der Waals surface area contributed by atoms with Crippen LogP contribution in [-0.4, -0.2) is 22.8 Å². The summed E-state index contributed by atoms with van der Waals surface area (Å²) in [5.41, 5.74) is 1.80. The number of aliphatic hydroxyl groups is 1. The lowest BCUT2D eigenvalue weighted by molar-refractivity contribution is -0.0808. The maximum atomic E-state index is 9.76. The molecular weight excluding hydrogens is 174 g/mol. The molecule has 1 unspecified atom stereocenters. The lowest BCUT2D eigenvalue weighted by Crippen LogP contribution is -2.31. The second-order valence-electron chi connectivity index (χ2n) is 3.12. The summed E-state index contributed by atoms with van der Waals surface area (Å²) in [6.45, 7) is 3.66. The smallest absolute Gasteiger partial charge is 0.125 e. The second kappa shape index (κ2) is 3.51. The van der Waals surface area contributed by atoms with Crippen LogP contribution in [-0.2, 0) is 4.74 Å². The van der Waals surface area contributed by atoms with Crippen LogP contribution in [0.15, 0.2) is 10.9 Å². The van der Waals surface area contributed by atoms with Crippen molar-refractivity contribution in [2.24, 2.45) is 0 Å². The van der Waals surface area contributed by atoms with Gasteiger partial charge < -0.3 is 9.84 Å². The topological polar surface area (TPSA) is 42.4 Å². The molecule has 0 aliphatic carbocycles. The summed E-state index contributed by atoms with van der Waals surface area (Å²) >= 11 is 1.47. The first-order chi connectivity index (χ1) is 5.58. The van der Waals surface area contributed by atoms with E-state index in [1.165, 1.54) is 11.3 Å². The van der Waals surface area contributed by atoms with Gasteiger partial charge in [0.15, 0.2) is 0 Å². The molecule has 1 heterocycles. The number of thiazole rings is 1. The first-order valence-electron chi connectivity index (χ1n) is 3.69. The maximum absolute atomic E-state index is 9.76. The van der Waals surface area contributed by atoms with Gasteiger partial charge in [-0.3, -0.25) is 0 Å². The number of ether oxygens (including phenoxy) is 1. The van der Waals surface area contributed by atoms with Crippen molar-refractivity contribution in [3.63, 3.8) is 0 Å². The van der Waals surface area contributed by atoms with Gasteiger partial charge in [-0.15, -0.1) is 11.3 Å². The van der Waals surface area contributed by atoms with Crippen molar-refractivity contribution in [2.45, 2.75) is 25.6 Å². The van der Waals surface area contributed by atoms with Crippen LogP contribution < -0.4 is 0 Å². The molecule has 0 aliphatic rings. The molecule has 4 heteroatoms. The Kier molecular flexibility index (Phi) is 2.82. The van der Waals surface area contributed by atoms with E-state index in [1.54, 1.807) is 12.6 Å². The number of aliphatic hydroxyl groups excluding tert-OH is 1. The highest BCUT2D eigenvalue weighted by atomic mass is 32.1.